The van der Waals surface area contributed by atoms with Crippen molar-refractivity contribution < 1.29 is 4.79 Å². The average molecular weight is 387 g/mol. The van der Waals surface area contributed by atoms with Gasteiger partial charge in [-0.3, -0.25) is 10.2 Å². The lowest BCUT2D eigenvalue weighted by Gasteiger charge is -2.10. The Kier molecular flexibility index (Phi) is 4.57. The number of rotatable bonds is 5. The molecule has 10 nitrogen and oxygen atoms in total. The van der Waals surface area contributed by atoms with Crippen LogP contribution < -0.4 is 11.1 Å². The summed E-state index contributed by atoms with van der Waals surface area (Å²) in [6.07, 6.45) is 1.49. The molecule has 0 aliphatic rings. The largest absolute Gasteiger partial charge is 0.384 e. The minimum atomic E-state index is -0.311. The number of carbonyl (C=O) groups is 1. The Balaban J connectivity index is 1.60. The van der Waals surface area contributed by atoms with Gasteiger partial charge in [-0.05, 0) is 59.8 Å². The van der Waals surface area contributed by atoms with Crippen LogP contribution in [-0.4, -0.2) is 41.7 Å². The number of amides is 1. The van der Waals surface area contributed by atoms with Crippen molar-refractivity contribution in [1.82, 2.24) is 30.0 Å². The minimum absolute atomic E-state index is 0.0515. The third-order valence-electron chi connectivity index (χ3n) is 4.20. The van der Waals surface area contributed by atoms with Crippen LogP contribution in [0.25, 0.3) is 11.4 Å². The first-order valence-electron chi connectivity index (χ1n) is 8.67. The molecule has 4 aromatic rings. The zero-order valence-electron chi connectivity index (χ0n) is 15.4. The third-order valence-corrected chi connectivity index (χ3v) is 4.20. The Morgan fingerprint density at radius 1 is 1.10 bits per heavy atom. The second kappa shape index (κ2) is 7.35. The number of nitrogens with two attached hydrogens (primary N) is 1. The molecule has 0 spiro atoms. The Bertz CT molecular complexity index is 1180. The maximum absolute atomic E-state index is 12.9. The van der Waals surface area contributed by atoms with Crippen molar-refractivity contribution in [1.29, 1.82) is 5.41 Å². The van der Waals surface area contributed by atoms with Gasteiger partial charge in [0.15, 0.2) is 0 Å². The summed E-state index contributed by atoms with van der Waals surface area (Å²) in [7, 11) is 0. The Hall–Kier alpha value is -4.34. The van der Waals surface area contributed by atoms with Gasteiger partial charge in [0.1, 0.15) is 17.9 Å². The molecular weight excluding hydrogens is 370 g/mol. The van der Waals surface area contributed by atoms with Crippen molar-refractivity contribution in [2.45, 2.75) is 6.92 Å². The molecule has 10 heteroatoms. The van der Waals surface area contributed by atoms with Gasteiger partial charge in [-0.25, -0.2) is 9.36 Å². The Morgan fingerprint density at radius 2 is 1.90 bits per heavy atom. The van der Waals surface area contributed by atoms with Crippen molar-refractivity contribution in [3.05, 3.63) is 77.9 Å². The van der Waals surface area contributed by atoms with E-state index in [1.165, 1.54) is 15.7 Å². The predicted octanol–water partition coefficient (Wildman–Crippen LogP) is 1.69. The number of nitrogens with one attached hydrogen (secondary N) is 2. The quantitative estimate of drug-likeness (QED) is 0.352. The van der Waals surface area contributed by atoms with E-state index in [0.29, 0.717) is 28.3 Å². The maximum Gasteiger partial charge on any atom is 0.274 e. The van der Waals surface area contributed by atoms with E-state index >= 15 is 0 Å². The molecule has 4 rings (SSSR count). The molecule has 0 saturated carbocycles. The molecule has 2 heterocycles. The van der Waals surface area contributed by atoms with Gasteiger partial charge in [0.05, 0.1) is 17.1 Å². The molecule has 2 aromatic carbocycles. The number of amidine groups is 1. The molecule has 1 amide bonds. The van der Waals surface area contributed by atoms with Gasteiger partial charge >= 0.3 is 0 Å². The van der Waals surface area contributed by atoms with Crippen LogP contribution in [0, 0.1) is 12.3 Å². The lowest BCUT2D eigenvalue weighted by Crippen LogP contribution is -2.17. The molecule has 29 heavy (non-hydrogen) atoms. The summed E-state index contributed by atoms with van der Waals surface area (Å²) in [6.45, 7) is 1.81. The summed E-state index contributed by atoms with van der Waals surface area (Å²) in [5.74, 6) is -0.363. The number of nitrogen functional groups attached to an aromatic ring is 1. The first-order valence-corrected chi connectivity index (χ1v) is 8.67. The molecule has 0 aliphatic carbocycles. The Morgan fingerprint density at radius 3 is 2.59 bits per heavy atom. The zero-order chi connectivity index (χ0) is 20.4. The average Bonchev–Trinajstić information content (AvgIpc) is 3.38. The smallest absolute Gasteiger partial charge is 0.274 e. The molecule has 0 fully saturated rings. The molecular formula is C19H17N9O. The summed E-state index contributed by atoms with van der Waals surface area (Å²) in [6, 6.07) is 15.8. The molecule has 0 aliphatic heterocycles. The van der Waals surface area contributed by atoms with E-state index in [-0.39, 0.29) is 11.7 Å². The molecule has 2 aromatic heterocycles. The summed E-state index contributed by atoms with van der Waals surface area (Å²) >= 11 is 0. The van der Waals surface area contributed by atoms with Crippen molar-refractivity contribution in [3.63, 3.8) is 0 Å². The summed E-state index contributed by atoms with van der Waals surface area (Å²) < 4.78 is 3.05. The van der Waals surface area contributed by atoms with Crippen LogP contribution in [0.2, 0.25) is 0 Å². The normalized spacial score (nSPS) is 10.7. The first-order chi connectivity index (χ1) is 14.0. The van der Waals surface area contributed by atoms with Gasteiger partial charge in [0.25, 0.3) is 5.91 Å². The van der Waals surface area contributed by atoms with Crippen LogP contribution in [0.15, 0.2) is 60.9 Å². The first kappa shape index (κ1) is 18.0. The monoisotopic (exact) mass is 387 g/mol. The van der Waals surface area contributed by atoms with Crippen LogP contribution in [0.4, 0.5) is 5.69 Å². The van der Waals surface area contributed by atoms with E-state index in [2.05, 4.69) is 25.9 Å². The molecule has 0 saturated heterocycles. The van der Waals surface area contributed by atoms with Crippen molar-refractivity contribution >= 4 is 17.4 Å². The fourth-order valence-corrected chi connectivity index (χ4v) is 2.84. The van der Waals surface area contributed by atoms with E-state index < -0.39 is 0 Å². The Labute approximate surface area is 165 Å². The highest BCUT2D eigenvalue weighted by Gasteiger charge is 2.16. The number of benzene rings is 2. The van der Waals surface area contributed by atoms with Crippen LogP contribution in [0.1, 0.15) is 21.7 Å². The topological polar surface area (TPSA) is 140 Å². The van der Waals surface area contributed by atoms with E-state index in [4.69, 9.17) is 11.1 Å². The number of hydrogen-bond acceptors (Lipinski definition) is 6. The van der Waals surface area contributed by atoms with Crippen molar-refractivity contribution in [2.75, 3.05) is 5.32 Å². The third kappa shape index (κ3) is 3.72. The highest BCUT2D eigenvalue weighted by molar-refractivity contribution is 6.03. The number of aryl methyl sites for hydroxylation is 1. The minimum Gasteiger partial charge on any atom is -0.384 e. The summed E-state index contributed by atoms with van der Waals surface area (Å²) in [4.78, 5) is 12.9. The van der Waals surface area contributed by atoms with Crippen molar-refractivity contribution in [2.24, 2.45) is 5.73 Å². The van der Waals surface area contributed by atoms with Gasteiger partial charge in [-0.1, -0.05) is 12.1 Å². The maximum atomic E-state index is 12.9. The molecule has 0 radical (unpaired) electrons. The number of hydrogen-bond donors (Lipinski definition) is 3. The SMILES string of the molecule is Cc1cc(C(=O)Nc2ccc(-n3cnnn3)cc2)n(-c2cccc(C(=N)N)c2)n1. The fourth-order valence-electron chi connectivity index (χ4n) is 2.84. The fraction of sp³-hybridized carbons (Fsp3) is 0.0526. The van der Waals surface area contributed by atoms with Crippen LogP contribution in [0.3, 0.4) is 0 Å². The molecule has 0 unspecified atom stereocenters. The second-order valence-corrected chi connectivity index (χ2v) is 6.30. The highest BCUT2D eigenvalue weighted by Crippen LogP contribution is 2.17. The van der Waals surface area contributed by atoms with E-state index in [1.807, 2.05) is 6.92 Å². The van der Waals surface area contributed by atoms with E-state index in [9.17, 15) is 4.79 Å². The number of tetrazole rings is 1. The molecule has 144 valence electrons. The van der Waals surface area contributed by atoms with Gasteiger partial charge in [0.2, 0.25) is 0 Å². The zero-order valence-corrected chi connectivity index (χ0v) is 15.4. The second-order valence-electron chi connectivity index (χ2n) is 6.30. The van der Waals surface area contributed by atoms with E-state index in [0.717, 1.165) is 5.69 Å². The van der Waals surface area contributed by atoms with Gasteiger partial charge in [0, 0.05) is 11.3 Å². The number of nitrogens with zero attached hydrogens (tertiary/aromatic N) is 6. The highest BCUT2D eigenvalue weighted by atomic mass is 16.2. The van der Waals surface area contributed by atoms with Crippen LogP contribution >= 0.6 is 0 Å². The number of aromatic nitrogens is 6. The summed E-state index contributed by atoms with van der Waals surface area (Å²) in [5.41, 5.74) is 9.23. The molecule has 0 atom stereocenters. The molecule has 0 bridgehead atoms. The lowest BCUT2D eigenvalue weighted by molar-refractivity contribution is 0.101. The standard InChI is InChI=1S/C19H17N9O/c1-12-9-17(28(24-12)16-4-2-3-13(10-16)18(20)21)19(29)23-14-5-7-15(8-6-14)27-11-22-25-26-27/h2-11H,1H3,(H3,20,21)(H,23,29). The summed E-state index contributed by atoms with van der Waals surface area (Å²) in [5, 5.41) is 25.9. The van der Waals surface area contributed by atoms with Gasteiger partial charge in [-0.2, -0.15) is 5.10 Å². The number of anilines is 1. The number of carbonyl (C=O) groups excluding carboxylic acids is 1. The van der Waals surface area contributed by atoms with Crippen LogP contribution in [0.5, 0.6) is 0 Å². The van der Waals surface area contributed by atoms with Crippen molar-refractivity contribution in [3.8, 4) is 11.4 Å². The van der Waals surface area contributed by atoms with E-state index in [1.54, 1.807) is 54.6 Å². The predicted molar refractivity (Wildman–Crippen MR) is 106 cm³/mol. The van der Waals surface area contributed by atoms with Gasteiger partial charge in [-0.15, -0.1) is 5.10 Å². The lowest BCUT2D eigenvalue weighted by atomic mass is 10.2. The molecule has 4 N–H and O–H groups in total. The van der Waals surface area contributed by atoms with Crippen LogP contribution in [-0.2, 0) is 0 Å². The van der Waals surface area contributed by atoms with Gasteiger partial charge < -0.3 is 11.1 Å².